The average Bonchev–Trinajstić information content (AvgIpc) is 2.32. The van der Waals surface area contributed by atoms with Crippen molar-refractivity contribution in [1.29, 1.82) is 0 Å². The van der Waals surface area contributed by atoms with Crippen molar-refractivity contribution < 1.29 is 14.6 Å². The molecule has 0 aliphatic carbocycles. The quantitative estimate of drug-likeness (QED) is 0.687. The molecule has 4 heteroatoms. The standard InChI is InChI=1S/C13H25NO3/c1-2-17-13(16)5-3-4-12-6-8-14(9-7-12)10-11-15/h12,15H,2-11H2,1H3. The molecule has 1 N–H and O–H groups in total. The van der Waals surface area contributed by atoms with Crippen molar-refractivity contribution in [2.75, 3.05) is 32.8 Å². The van der Waals surface area contributed by atoms with E-state index in [-0.39, 0.29) is 12.6 Å². The summed E-state index contributed by atoms with van der Waals surface area (Å²) < 4.78 is 4.91. The number of β-amino-alcohol motifs (C(OH)–C–C–N with tert-alkyl or cyclic N) is 1. The highest BCUT2D eigenvalue weighted by Crippen LogP contribution is 2.22. The van der Waals surface area contributed by atoms with E-state index < -0.39 is 0 Å². The van der Waals surface area contributed by atoms with E-state index in [0.717, 1.165) is 38.4 Å². The first-order valence-corrected chi connectivity index (χ1v) is 6.75. The van der Waals surface area contributed by atoms with Crippen LogP contribution in [0.3, 0.4) is 0 Å². The zero-order valence-electron chi connectivity index (χ0n) is 10.9. The van der Waals surface area contributed by atoms with E-state index in [9.17, 15) is 4.79 Å². The number of likely N-dealkylation sites (tertiary alicyclic amines) is 1. The maximum Gasteiger partial charge on any atom is 0.305 e. The van der Waals surface area contributed by atoms with Gasteiger partial charge >= 0.3 is 5.97 Å². The maximum absolute atomic E-state index is 11.2. The van der Waals surface area contributed by atoms with E-state index in [1.807, 2.05) is 6.92 Å². The molecular weight excluding hydrogens is 218 g/mol. The summed E-state index contributed by atoms with van der Waals surface area (Å²) in [6.45, 7) is 5.56. The SMILES string of the molecule is CCOC(=O)CCCC1CCN(CCO)CC1. The first kappa shape index (κ1) is 14.5. The lowest BCUT2D eigenvalue weighted by Crippen LogP contribution is -2.35. The summed E-state index contributed by atoms with van der Waals surface area (Å²) in [4.78, 5) is 13.5. The Morgan fingerprint density at radius 3 is 2.71 bits per heavy atom. The smallest absolute Gasteiger partial charge is 0.305 e. The molecule has 0 radical (unpaired) electrons. The van der Waals surface area contributed by atoms with Crippen LogP contribution in [0, 0.1) is 5.92 Å². The highest BCUT2D eigenvalue weighted by Gasteiger charge is 2.18. The number of esters is 1. The number of nitrogens with zero attached hydrogens (tertiary/aromatic N) is 1. The molecule has 1 fully saturated rings. The van der Waals surface area contributed by atoms with E-state index >= 15 is 0 Å². The molecule has 0 saturated carbocycles. The molecule has 17 heavy (non-hydrogen) atoms. The van der Waals surface area contributed by atoms with Crippen molar-refractivity contribution in [3.8, 4) is 0 Å². The lowest BCUT2D eigenvalue weighted by Gasteiger charge is -2.31. The molecule has 100 valence electrons. The minimum Gasteiger partial charge on any atom is -0.466 e. The lowest BCUT2D eigenvalue weighted by atomic mass is 9.91. The van der Waals surface area contributed by atoms with Crippen LogP contribution in [-0.4, -0.2) is 48.8 Å². The van der Waals surface area contributed by atoms with Crippen LogP contribution in [0.15, 0.2) is 0 Å². The van der Waals surface area contributed by atoms with Gasteiger partial charge in [-0.3, -0.25) is 4.79 Å². The normalized spacial score (nSPS) is 18.2. The molecule has 0 atom stereocenters. The van der Waals surface area contributed by atoms with Gasteiger partial charge in [0.25, 0.3) is 0 Å². The average molecular weight is 243 g/mol. The van der Waals surface area contributed by atoms with Crippen LogP contribution >= 0.6 is 0 Å². The van der Waals surface area contributed by atoms with Gasteiger partial charge in [0.2, 0.25) is 0 Å². The second-order valence-corrected chi connectivity index (χ2v) is 4.71. The van der Waals surface area contributed by atoms with E-state index in [4.69, 9.17) is 9.84 Å². The Morgan fingerprint density at radius 1 is 1.41 bits per heavy atom. The van der Waals surface area contributed by atoms with Gasteiger partial charge in [-0.05, 0) is 51.6 Å². The minimum absolute atomic E-state index is 0.0646. The van der Waals surface area contributed by atoms with Gasteiger partial charge in [-0.25, -0.2) is 0 Å². The first-order valence-electron chi connectivity index (χ1n) is 6.75. The fourth-order valence-electron chi connectivity index (χ4n) is 2.41. The molecule has 1 rings (SSSR count). The van der Waals surface area contributed by atoms with Gasteiger partial charge in [0.1, 0.15) is 0 Å². The predicted octanol–water partition coefficient (Wildman–Crippen LogP) is 1.42. The molecule has 1 aliphatic rings. The number of rotatable bonds is 7. The summed E-state index contributed by atoms with van der Waals surface area (Å²) in [5.41, 5.74) is 0. The Labute approximate surface area is 104 Å². The number of hydrogen-bond donors (Lipinski definition) is 1. The van der Waals surface area contributed by atoms with Crippen molar-refractivity contribution in [1.82, 2.24) is 4.90 Å². The summed E-state index contributed by atoms with van der Waals surface area (Å²) in [5.74, 6) is 0.685. The van der Waals surface area contributed by atoms with Crippen LogP contribution < -0.4 is 0 Å². The maximum atomic E-state index is 11.2. The fourth-order valence-corrected chi connectivity index (χ4v) is 2.41. The molecule has 1 heterocycles. The fraction of sp³-hybridized carbons (Fsp3) is 0.923. The summed E-state index contributed by atoms with van der Waals surface area (Å²) in [6, 6.07) is 0. The highest BCUT2D eigenvalue weighted by molar-refractivity contribution is 5.69. The number of carbonyl (C=O) groups excluding carboxylic acids is 1. The Morgan fingerprint density at radius 2 is 2.12 bits per heavy atom. The Hall–Kier alpha value is -0.610. The molecular formula is C13H25NO3. The number of ether oxygens (including phenoxy) is 1. The lowest BCUT2D eigenvalue weighted by molar-refractivity contribution is -0.143. The number of aliphatic hydroxyl groups excluding tert-OH is 1. The number of piperidine rings is 1. The third-order valence-electron chi connectivity index (χ3n) is 3.42. The summed E-state index contributed by atoms with van der Waals surface area (Å²) >= 11 is 0. The molecule has 0 bridgehead atoms. The van der Waals surface area contributed by atoms with Gasteiger partial charge in [0.15, 0.2) is 0 Å². The minimum atomic E-state index is -0.0646. The van der Waals surface area contributed by atoms with Crippen LogP contribution in [0.4, 0.5) is 0 Å². The third-order valence-corrected chi connectivity index (χ3v) is 3.42. The summed E-state index contributed by atoms with van der Waals surface area (Å²) in [5, 5.41) is 8.84. The number of aliphatic hydroxyl groups is 1. The Bertz CT molecular complexity index is 213. The van der Waals surface area contributed by atoms with Gasteiger partial charge in [-0.15, -0.1) is 0 Å². The van der Waals surface area contributed by atoms with Gasteiger partial charge in [0.05, 0.1) is 13.2 Å². The van der Waals surface area contributed by atoms with Crippen LogP contribution in [-0.2, 0) is 9.53 Å². The van der Waals surface area contributed by atoms with Crippen molar-refractivity contribution in [3.63, 3.8) is 0 Å². The van der Waals surface area contributed by atoms with Gasteiger partial charge in [0, 0.05) is 13.0 Å². The van der Waals surface area contributed by atoms with Crippen LogP contribution in [0.2, 0.25) is 0 Å². The largest absolute Gasteiger partial charge is 0.466 e. The van der Waals surface area contributed by atoms with Crippen LogP contribution in [0.1, 0.15) is 39.0 Å². The molecule has 0 spiro atoms. The van der Waals surface area contributed by atoms with E-state index in [0.29, 0.717) is 13.0 Å². The second kappa shape index (κ2) is 8.48. The summed E-state index contributed by atoms with van der Waals surface area (Å²) in [6.07, 6.45) is 5.03. The molecule has 1 saturated heterocycles. The predicted molar refractivity (Wildman–Crippen MR) is 66.7 cm³/mol. The molecule has 0 unspecified atom stereocenters. The van der Waals surface area contributed by atoms with Crippen molar-refractivity contribution in [2.24, 2.45) is 5.92 Å². The topological polar surface area (TPSA) is 49.8 Å². The zero-order valence-corrected chi connectivity index (χ0v) is 10.9. The number of carbonyl (C=O) groups is 1. The van der Waals surface area contributed by atoms with E-state index in [1.165, 1.54) is 12.8 Å². The van der Waals surface area contributed by atoms with Crippen molar-refractivity contribution in [3.05, 3.63) is 0 Å². The Kier molecular flexibility index (Phi) is 7.21. The third kappa shape index (κ3) is 6.03. The van der Waals surface area contributed by atoms with Gasteiger partial charge in [-0.1, -0.05) is 0 Å². The van der Waals surface area contributed by atoms with Gasteiger partial charge < -0.3 is 14.7 Å². The number of hydrogen-bond acceptors (Lipinski definition) is 4. The molecule has 0 aromatic heterocycles. The van der Waals surface area contributed by atoms with E-state index in [1.54, 1.807) is 0 Å². The van der Waals surface area contributed by atoms with E-state index in [2.05, 4.69) is 4.90 Å². The second-order valence-electron chi connectivity index (χ2n) is 4.71. The van der Waals surface area contributed by atoms with Crippen LogP contribution in [0.25, 0.3) is 0 Å². The van der Waals surface area contributed by atoms with Crippen LogP contribution in [0.5, 0.6) is 0 Å². The monoisotopic (exact) mass is 243 g/mol. The first-order chi connectivity index (χ1) is 8.26. The van der Waals surface area contributed by atoms with Crippen molar-refractivity contribution in [2.45, 2.75) is 39.0 Å². The Balaban J connectivity index is 2.04. The van der Waals surface area contributed by atoms with Gasteiger partial charge in [-0.2, -0.15) is 0 Å². The highest BCUT2D eigenvalue weighted by atomic mass is 16.5. The molecule has 1 aliphatic heterocycles. The van der Waals surface area contributed by atoms with Crippen molar-refractivity contribution >= 4 is 5.97 Å². The summed E-state index contributed by atoms with van der Waals surface area (Å²) in [7, 11) is 0. The molecule has 0 aromatic rings. The molecule has 0 aromatic carbocycles. The molecule has 0 amide bonds. The molecule has 4 nitrogen and oxygen atoms in total. The zero-order chi connectivity index (χ0) is 12.5.